The summed E-state index contributed by atoms with van der Waals surface area (Å²) in [6, 6.07) is 4.12. The minimum absolute atomic E-state index is 0.0314. The van der Waals surface area contributed by atoms with Crippen LogP contribution in [0.4, 0.5) is 4.39 Å². The highest BCUT2D eigenvalue weighted by Gasteiger charge is 2.20. The van der Waals surface area contributed by atoms with Crippen LogP contribution < -0.4 is 0 Å². The van der Waals surface area contributed by atoms with Gasteiger partial charge in [-0.05, 0) is 18.2 Å². The topological polar surface area (TPSA) is 57.6 Å². The molecule has 1 amide bonds. The largest absolute Gasteiger partial charge is 0.481 e. The molecule has 0 aromatic heterocycles. The van der Waals surface area contributed by atoms with Gasteiger partial charge < -0.3 is 10.0 Å². The maximum Gasteiger partial charge on any atom is 0.308 e. The Morgan fingerprint density at radius 3 is 2.61 bits per heavy atom. The van der Waals surface area contributed by atoms with Crippen molar-refractivity contribution in [2.45, 2.75) is 6.92 Å². The lowest BCUT2D eigenvalue weighted by Gasteiger charge is -2.19. The van der Waals surface area contributed by atoms with Crippen LogP contribution in [0.1, 0.15) is 17.3 Å². The Morgan fingerprint density at radius 1 is 1.50 bits per heavy atom. The molecular formula is C12H13BrFNO3. The molecule has 0 spiro atoms. The van der Waals surface area contributed by atoms with E-state index in [0.717, 1.165) is 0 Å². The molecule has 1 rings (SSSR count). The van der Waals surface area contributed by atoms with E-state index in [1.807, 2.05) is 0 Å². The number of amides is 1. The summed E-state index contributed by atoms with van der Waals surface area (Å²) in [5.41, 5.74) is -0.0710. The van der Waals surface area contributed by atoms with Crippen molar-refractivity contribution in [3.63, 3.8) is 0 Å². The number of hydrogen-bond donors (Lipinski definition) is 1. The van der Waals surface area contributed by atoms with Crippen molar-refractivity contribution in [3.05, 3.63) is 34.1 Å². The number of hydrogen-bond acceptors (Lipinski definition) is 2. The van der Waals surface area contributed by atoms with Crippen LogP contribution in [0.15, 0.2) is 22.7 Å². The fourth-order valence-electron chi connectivity index (χ4n) is 1.44. The maximum absolute atomic E-state index is 13.6. The fourth-order valence-corrected chi connectivity index (χ4v) is 1.77. The average Bonchev–Trinajstić information content (AvgIpc) is 2.27. The van der Waals surface area contributed by atoms with Crippen molar-refractivity contribution in [1.82, 2.24) is 4.90 Å². The molecule has 0 aliphatic rings. The van der Waals surface area contributed by atoms with Crippen LogP contribution in [0.5, 0.6) is 0 Å². The van der Waals surface area contributed by atoms with Crippen LogP contribution >= 0.6 is 15.9 Å². The minimum atomic E-state index is -0.995. The first kappa shape index (κ1) is 14.6. The predicted molar refractivity (Wildman–Crippen MR) is 67.9 cm³/mol. The Balaban J connectivity index is 2.83. The Kier molecular flexibility index (Phi) is 4.84. The molecule has 0 saturated heterocycles. The van der Waals surface area contributed by atoms with Gasteiger partial charge >= 0.3 is 5.97 Å². The molecule has 0 bridgehead atoms. The summed E-state index contributed by atoms with van der Waals surface area (Å²) in [7, 11) is 1.45. The Hall–Kier alpha value is -1.43. The first-order valence-corrected chi connectivity index (χ1v) is 6.05. The van der Waals surface area contributed by atoms with Crippen LogP contribution in [0.25, 0.3) is 0 Å². The molecule has 1 N–H and O–H groups in total. The van der Waals surface area contributed by atoms with Crippen LogP contribution in [-0.2, 0) is 4.79 Å². The second-order valence-corrected chi connectivity index (χ2v) is 4.96. The number of halogens is 2. The molecule has 0 saturated carbocycles. The number of carboxylic acids is 1. The van der Waals surface area contributed by atoms with E-state index < -0.39 is 23.6 Å². The molecule has 1 aromatic rings. The predicted octanol–water partition coefficient (Wildman–Crippen LogP) is 2.38. The summed E-state index contributed by atoms with van der Waals surface area (Å²) < 4.78 is 14.1. The van der Waals surface area contributed by atoms with Crippen molar-refractivity contribution in [3.8, 4) is 0 Å². The third-order valence-electron chi connectivity index (χ3n) is 2.48. The number of carbonyl (C=O) groups excluding carboxylic acids is 1. The first-order chi connectivity index (χ1) is 8.32. The summed E-state index contributed by atoms with van der Waals surface area (Å²) in [6.07, 6.45) is 0. The van der Waals surface area contributed by atoms with Crippen LogP contribution in [-0.4, -0.2) is 35.5 Å². The SMILES string of the molecule is CC(CN(C)C(=O)c1ccc(Br)cc1F)C(=O)O. The molecule has 98 valence electrons. The fraction of sp³-hybridized carbons (Fsp3) is 0.333. The summed E-state index contributed by atoms with van der Waals surface area (Å²) in [5, 5.41) is 8.76. The van der Waals surface area contributed by atoms with Gasteiger partial charge in [0.2, 0.25) is 0 Å². The van der Waals surface area contributed by atoms with Gasteiger partial charge in [0, 0.05) is 18.1 Å². The van der Waals surface area contributed by atoms with Gasteiger partial charge in [0.25, 0.3) is 5.91 Å². The third-order valence-corrected chi connectivity index (χ3v) is 2.97. The maximum atomic E-state index is 13.6. The van der Waals surface area contributed by atoms with Crippen LogP contribution in [0.3, 0.4) is 0 Å². The molecule has 1 unspecified atom stereocenters. The molecule has 4 nitrogen and oxygen atoms in total. The van der Waals surface area contributed by atoms with Crippen LogP contribution in [0, 0.1) is 11.7 Å². The molecule has 0 aliphatic heterocycles. The molecule has 18 heavy (non-hydrogen) atoms. The summed E-state index contributed by atoms with van der Waals surface area (Å²) >= 11 is 3.10. The van der Waals surface area contributed by atoms with E-state index in [1.54, 1.807) is 6.07 Å². The average molecular weight is 318 g/mol. The van der Waals surface area contributed by atoms with E-state index in [4.69, 9.17) is 5.11 Å². The number of carbonyl (C=O) groups is 2. The zero-order valence-corrected chi connectivity index (χ0v) is 11.6. The number of rotatable bonds is 4. The number of benzene rings is 1. The lowest BCUT2D eigenvalue weighted by Crippen LogP contribution is -2.34. The van der Waals surface area contributed by atoms with Crippen molar-refractivity contribution in [2.24, 2.45) is 5.92 Å². The molecular weight excluding hydrogens is 305 g/mol. The van der Waals surface area contributed by atoms with E-state index in [9.17, 15) is 14.0 Å². The molecule has 1 aromatic carbocycles. The highest BCUT2D eigenvalue weighted by molar-refractivity contribution is 9.10. The van der Waals surface area contributed by atoms with E-state index >= 15 is 0 Å². The first-order valence-electron chi connectivity index (χ1n) is 5.26. The number of aliphatic carboxylic acids is 1. The second kappa shape index (κ2) is 5.95. The van der Waals surface area contributed by atoms with E-state index in [0.29, 0.717) is 4.47 Å². The van der Waals surface area contributed by atoms with Gasteiger partial charge in [0.1, 0.15) is 5.82 Å². The Morgan fingerprint density at radius 2 is 2.11 bits per heavy atom. The number of carboxylic acid groups (broad SMARTS) is 1. The Bertz CT molecular complexity index is 478. The van der Waals surface area contributed by atoms with Gasteiger partial charge in [-0.3, -0.25) is 9.59 Å². The monoisotopic (exact) mass is 317 g/mol. The van der Waals surface area contributed by atoms with Gasteiger partial charge in [-0.15, -0.1) is 0 Å². The summed E-state index contributed by atoms with van der Waals surface area (Å²) in [4.78, 5) is 23.8. The zero-order valence-electron chi connectivity index (χ0n) is 9.98. The molecule has 1 atom stereocenters. The van der Waals surface area contributed by atoms with E-state index in [1.165, 1.54) is 31.0 Å². The van der Waals surface area contributed by atoms with Crippen molar-refractivity contribution in [2.75, 3.05) is 13.6 Å². The normalized spacial score (nSPS) is 12.0. The smallest absolute Gasteiger partial charge is 0.308 e. The van der Waals surface area contributed by atoms with Crippen molar-refractivity contribution in [1.29, 1.82) is 0 Å². The van der Waals surface area contributed by atoms with Gasteiger partial charge in [0.15, 0.2) is 0 Å². The van der Waals surface area contributed by atoms with Gasteiger partial charge in [0.05, 0.1) is 11.5 Å². The second-order valence-electron chi connectivity index (χ2n) is 4.05. The minimum Gasteiger partial charge on any atom is -0.481 e. The lowest BCUT2D eigenvalue weighted by molar-refractivity contribution is -0.141. The molecule has 6 heteroatoms. The van der Waals surface area contributed by atoms with Gasteiger partial charge in [-0.2, -0.15) is 0 Å². The summed E-state index contributed by atoms with van der Waals surface area (Å²) in [6.45, 7) is 1.52. The number of nitrogens with zero attached hydrogens (tertiary/aromatic N) is 1. The highest BCUT2D eigenvalue weighted by atomic mass is 79.9. The Labute approximate surface area is 113 Å². The van der Waals surface area contributed by atoms with Crippen LogP contribution in [0.2, 0.25) is 0 Å². The standard InChI is InChI=1S/C12H13BrFNO3/c1-7(12(17)18)6-15(2)11(16)9-4-3-8(13)5-10(9)14/h3-5,7H,6H2,1-2H3,(H,17,18). The quantitative estimate of drug-likeness (QED) is 0.927. The molecule has 0 heterocycles. The van der Waals surface area contributed by atoms with Gasteiger partial charge in [-0.1, -0.05) is 22.9 Å². The molecule has 0 aliphatic carbocycles. The summed E-state index contributed by atoms with van der Waals surface area (Å²) in [5.74, 6) is -2.86. The third kappa shape index (κ3) is 3.53. The lowest BCUT2D eigenvalue weighted by atomic mass is 10.1. The molecule has 0 radical (unpaired) electrons. The molecule has 0 fully saturated rings. The zero-order chi connectivity index (χ0) is 13.9. The highest BCUT2D eigenvalue weighted by Crippen LogP contribution is 2.17. The van der Waals surface area contributed by atoms with E-state index in [2.05, 4.69) is 15.9 Å². The van der Waals surface area contributed by atoms with E-state index in [-0.39, 0.29) is 12.1 Å². The van der Waals surface area contributed by atoms with Gasteiger partial charge in [-0.25, -0.2) is 4.39 Å². The van der Waals surface area contributed by atoms with Crippen molar-refractivity contribution >= 4 is 27.8 Å². The van der Waals surface area contributed by atoms with Crippen molar-refractivity contribution < 1.29 is 19.1 Å².